The van der Waals surface area contributed by atoms with Crippen LogP contribution in [0.1, 0.15) is 19.5 Å². The highest BCUT2D eigenvalue weighted by Gasteiger charge is 1.95. The Balaban J connectivity index is 0.000000281. The molecule has 0 aliphatic carbocycles. The van der Waals surface area contributed by atoms with Crippen molar-refractivity contribution >= 4 is 5.78 Å². The molecule has 0 fully saturated rings. The normalized spacial score (nSPS) is 9.36. The molecule has 0 bridgehead atoms. The van der Waals surface area contributed by atoms with E-state index in [9.17, 15) is 0 Å². The molecule has 0 aliphatic rings. The predicted molar refractivity (Wildman–Crippen MR) is 43.4 cm³/mol. The van der Waals surface area contributed by atoms with Crippen LogP contribution < -0.4 is 0 Å². The average molecular weight is 152 g/mol. The van der Waals surface area contributed by atoms with Gasteiger partial charge >= 0.3 is 0 Å². The molecule has 4 heteroatoms. The standard InChI is InChI=1S/C5H6N4.C2H6/c1-4-2-9-5(8-4)6-3-7-9;1-2/h2-3H,1H3,(H,6,7,8);1-2H3. The number of rotatable bonds is 0. The number of nitrogens with zero attached hydrogens (tertiary/aromatic N) is 3. The van der Waals surface area contributed by atoms with E-state index >= 15 is 0 Å². The molecule has 0 saturated heterocycles. The van der Waals surface area contributed by atoms with Gasteiger partial charge in [0.1, 0.15) is 6.33 Å². The first-order valence-corrected chi connectivity index (χ1v) is 3.71. The molecular formula is C7H12N4. The van der Waals surface area contributed by atoms with Crippen LogP contribution >= 0.6 is 0 Å². The van der Waals surface area contributed by atoms with Crippen molar-refractivity contribution in [3.05, 3.63) is 18.2 Å². The average Bonchev–Trinajstić information content (AvgIpc) is 2.51. The summed E-state index contributed by atoms with van der Waals surface area (Å²) in [6.45, 7) is 5.93. The number of hydrogen-bond donors (Lipinski definition) is 1. The lowest BCUT2D eigenvalue weighted by Gasteiger charge is -1.73. The first-order valence-electron chi connectivity index (χ1n) is 3.71. The van der Waals surface area contributed by atoms with Crippen molar-refractivity contribution in [2.75, 3.05) is 0 Å². The Labute approximate surface area is 65.3 Å². The highest BCUT2D eigenvalue weighted by atomic mass is 15.3. The SMILES string of the molecule is CC.Cc1cn2[nH]cnc2n1. The summed E-state index contributed by atoms with van der Waals surface area (Å²) in [6, 6.07) is 0. The van der Waals surface area contributed by atoms with Gasteiger partial charge in [0.25, 0.3) is 5.78 Å². The van der Waals surface area contributed by atoms with Crippen molar-refractivity contribution < 1.29 is 0 Å². The Kier molecular flexibility index (Phi) is 2.25. The zero-order chi connectivity index (χ0) is 8.27. The summed E-state index contributed by atoms with van der Waals surface area (Å²) in [6.07, 6.45) is 3.50. The molecule has 11 heavy (non-hydrogen) atoms. The van der Waals surface area contributed by atoms with E-state index in [0.29, 0.717) is 0 Å². The summed E-state index contributed by atoms with van der Waals surface area (Å²) in [5.41, 5.74) is 0.981. The van der Waals surface area contributed by atoms with Gasteiger partial charge in [-0.1, -0.05) is 13.8 Å². The van der Waals surface area contributed by atoms with Crippen molar-refractivity contribution in [2.45, 2.75) is 20.8 Å². The summed E-state index contributed by atoms with van der Waals surface area (Å²) < 4.78 is 1.77. The van der Waals surface area contributed by atoms with Crippen LogP contribution in [-0.4, -0.2) is 19.6 Å². The van der Waals surface area contributed by atoms with Crippen LogP contribution in [0.4, 0.5) is 0 Å². The highest BCUT2D eigenvalue weighted by Crippen LogP contribution is 1.96. The zero-order valence-electron chi connectivity index (χ0n) is 7.00. The largest absolute Gasteiger partial charge is 0.281 e. The number of aromatic amines is 1. The summed E-state index contributed by atoms with van der Waals surface area (Å²) in [5, 5.41) is 2.88. The number of aromatic nitrogens is 4. The van der Waals surface area contributed by atoms with Gasteiger partial charge in [-0.05, 0) is 6.92 Å². The molecule has 0 radical (unpaired) electrons. The van der Waals surface area contributed by atoms with E-state index in [1.54, 1.807) is 10.8 Å². The monoisotopic (exact) mass is 152 g/mol. The van der Waals surface area contributed by atoms with Gasteiger partial charge in [-0.25, -0.2) is 14.5 Å². The fourth-order valence-corrected chi connectivity index (χ4v) is 0.820. The minimum atomic E-state index is 0.729. The maximum Gasteiger partial charge on any atom is 0.250 e. The molecule has 0 amide bonds. The first kappa shape index (κ1) is 7.78. The van der Waals surface area contributed by atoms with Gasteiger partial charge < -0.3 is 0 Å². The lowest BCUT2D eigenvalue weighted by atomic mass is 10.6. The van der Waals surface area contributed by atoms with Crippen LogP contribution in [-0.2, 0) is 0 Å². The Morgan fingerprint density at radius 3 is 2.82 bits per heavy atom. The lowest BCUT2D eigenvalue weighted by molar-refractivity contribution is 0.970. The minimum Gasteiger partial charge on any atom is -0.281 e. The molecule has 1 N–H and O–H groups in total. The molecule has 0 spiro atoms. The summed E-state index contributed by atoms with van der Waals surface area (Å²) >= 11 is 0. The number of nitrogens with one attached hydrogen (secondary N) is 1. The van der Waals surface area contributed by atoms with Gasteiger partial charge in [-0.2, -0.15) is 0 Å². The Morgan fingerprint density at radius 2 is 2.18 bits per heavy atom. The quantitative estimate of drug-likeness (QED) is 0.620. The Bertz CT molecular complexity index is 291. The molecule has 2 aromatic rings. The minimum absolute atomic E-state index is 0.729. The van der Waals surface area contributed by atoms with Gasteiger partial charge in [0.2, 0.25) is 0 Å². The molecule has 0 atom stereocenters. The second-order valence-corrected chi connectivity index (χ2v) is 1.94. The van der Waals surface area contributed by atoms with Gasteiger partial charge in [0, 0.05) is 0 Å². The Morgan fingerprint density at radius 1 is 1.45 bits per heavy atom. The molecule has 2 heterocycles. The smallest absolute Gasteiger partial charge is 0.250 e. The van der Waals surface area contributed by atoms with Crippen molar-refractivity contribution in [3.63, 3.8) is 0 Å². The van der Waals surface area contributed by atoms with Crippen molar-refractivity contribution in [2.24, 2.45) is 0 Å². The second-order valence-electron chi connectivity index (χ2n) is 1.94. The molecule has 0 aromatic carbocycles. The fourth-order valence-electron chi connectivity index (χ4n) is 0.820. The summed E-state index contributed by atoms with van der Waals surface area (Å²) in [7, 11) is 0. The maximum atomic E-state index is 4.09. The van der Waals surface area contributed by atoms with E-state index < -0.39 is 0 Å². The highest BCUT2D eigenvalue weighted by molar-refractivity contribution is 5.26. The van der Waals surface area contributed by atoms with Crippen LogP contribution in [0.2, 0.25) is 0 Å². The number of hydrogen-bond acceptors (Lipinski definition) is 2. The van der Waals surface area contributed by atoms with Crippen molar-refractivity contribution in [3.8, 4) is 0 Å². The maximum absolute atomic E-state index is 4.09. The number of fused-ring (bicyclic) bond motifs is 1. The van der Waals surface area contributed by atoms with E-state index in [-0.39, 0.29) is 0 Å². The molecule has 60 valence electrons. The van der Waals surface area contributed by atoms with Crippen molar-refractivity contribution in [1.29, 1.82) is 0 Å². The molecule has 0 unspecified atom stereocenters. The molecule has 2 aromatic heterocycles. The van der Waals surface area contributed by atoms with Crippen LogP contribution in [0.15, 0.2) is 12.5 Å². The van der Waals surface area contributed by atoms with E-state index in [0.717, 1.165) is 11.5 Å². The molecule has 2 rings (SSSR count). The third-order valence-electron chi connectivity index (χ3n) is 1.18. The number of H-pyrrole nitrogens is 1. The van der Waals surface area contributed by atoms with E-state index in [1.165, 1.54) is 0 Å². The van der Waals surface area contributed by atoms with E-state index in [4.69, 9.17) is 0 Å². The second kappa shape index (κ2) is 3.18. The van der Waals surface area contributed by atoms with Crippen LogP contribution in [0.25, 0.3) is 5.78 Å². The summed E-state index contributed by atoms with van der Waals surface area (Å²) in [5.74, 6) is 0.729. The fraction of sp³-hybridized carbons (Fsp3) is 0.429. The van der Waals surface area contributed by atoms with E-state index in [1.807, 2.05) is 27.0 Å². The van der Waals surface area contributed by atoms with Gasteiger partial charge in [-0.15, -0.1) is 0 Å². The van der Waals surface area contributed by atoms with Crippen LogP contribution in [0, 0.1) is 6.92 Å². The number of aryl methyl sites for hydroxylation is 1. The van der Waals surface area contributed by atoms with Crippen LogP contribution in [0.3, 0.4) is 0 Å². The lowest BCUT2D eigenvalue weighted by Crippen LogP contribution is -1.76. The molecular weight excluding hydrogens is 140 g/mol. The third-order valence-corrected chi connectivity index (χ3v) is 1.18. The summed E-state index contributed by atoms with van der Waals surface area (Å²) in [4.78, 5) is 8.03. The van der Waals surface area contributed by atoms with Gasteiger partial charge in [0.15, 0.2) is 0 Å². The topological polar surface area (TPSA) is 46.0 Å². The first-order chi connectivity index (χ1) is 5.36. The zero-order valence-corrected chi connectivity index (χ0v) is 7.00. The van der Waals surface area contributed by atoms with Crippen molar-refractivity contribution in [1.82, 2.24) is 19.6 Å². The molecule has 0 aliphatic heterocycles. The molecule has 0 saturated carbocycles. The Hall–Kier alpha value is -1.32. The number of imidazole rings is 1. The third kappa shape index (κ3) is 1.39. The predicted octanol–water partition coefficient (Wildman–Crippen LogP) is 1.39. The molecule has 4 nitrogen and oxygen atoms in total. The van der Waals surface area contributed by atoms with E-state index in [2.05, 4.69) is 15.1 Å². The van der Waals surface area contributed by atoms with Gasteiger partial charge in [-0.3, -0.25) is 5.10 Å². The van der Waals surface area contributed by atoms with Crippen LogP contribution in [0.5, 0.6) is 0 Å². The van der Waals surface area contributed by atoms with Gasteiger partial charge in [0.05, 0.1) is 11.9 Å².